The maximum Gasteiger partial charge on any atom is 0.240 e. The Morgan fingerprint density at radius 3 is 2.82 bits per heavy atom. The molecular formula is C16H15ClN4O. The smallest absolute Gasteiger partial charge is 0.240 e. The Labute approximate surface area is 133 Å². The van der Waals surface area contributed by atoms with E-state index in [2.05, 4.69) is 15.1 Å². The Balaban J connectivity index is 1.99. The summed E-state index contributed by atoms with van der Waals surface area (Å²) in [4.78, 5) is 8.99. The molecule has 0 aliphatic carbocycles. The highest BCUT2D eigenvalue weighted by atomic mass is 35.5. The topological polar surface area (TPSA) is 52.8 Å². The van der Waals surface area contributed by atoms with Crippen molar-refractivity contribution in [2.24, 2.45) is 0 Å². The first-order valence-electron chi connectivity index (χ1n) is 6.80. The number of hydrogen-bond acceptors (Lipinski definition) is 4. The van der Waals surface area contributed by atoms with Gasteiger partial charge < -0.3 is 4.74 Å². The van der Waals surface area contributed by atoms with Crippen molar-refractivity contribution in [3.8, 4) is 17.1 Å². The summed E-state index contributed by atoms with van der Waals surface area (Å²) in [6.07, 6.45) is 5.48. The Kier molecular flexibility index (Phi) is 4.06. The second-order valence-corrected chi connectivity index (χ2v) is 5.38. The number of hydrogen-bond donors (Lipinski definition) is 0. The number of nitrogens with zero attached hydrogens (tertiary/aromatic N) is 4. The van der Waals surface area contributed by atoms with Gasteiger partial charge >= 0.3 is 0 Å². The summed E-state index contributed by atoms with van der Waals surface area (Å²) in [6, 6.07) is 7.47. The summed E-state index contributed by atoms with van der Waals surface area (Å²) in [5.41, 5.74) is 3.46. The van der Waals surface area contributed by atoms with E-state index in [-0.39, 0.29) is 0 Å². The third-order valence-corrected chi connectivity index (χ3v) is 3.40. The van der Waals surface area contributed by atoms with Gasteiger partial charge in [-0.25, -0.2) is 9.97 Å². The lowest BCUT2D eigenvalue weighted by molar-refractivity contribution is 0.397. The third-order valence-electron chi connectivity index (χ3n) is 3.17. The minimum atomic E-state index is 0.475. The molecule has 0 spiro atoms. The minimum Gasteiger partial charge on any atom is -0.479 e. The normalized spacial score (nSPS) is 10.7. The van der Waals surface area contributed by atoms with E-state index >= 15 is 0 Å². The number of methoxy groups -OCH3 is 1. The lowest BCUT2D eigenvalue weighted by Gasteiger charge is -2.09. The standard InChI is InChI=1S/C16H15ClN4O/c1-11-7-19-21(9-11)10-14-8-18-16(22-2)15(20-14)12-4-3-5-13(17)6-12/h3-9H,10H2,1-2H3. The van der Waals surface area contributed by atoms with Crippen molar-refractivity contribution in [2.45, 2.75) is 13.5 Å². The van der Waals surface area contributed by atoms with Gasteiger partial charge in [0.25, 0.3) is 0 Å². The summed E-state index contributed by atoms with van der Waals surface area (Å²) < 4.78 is 7.14. The van der Waals surface area contributed by atoms with Crippen LogP contribution < -0.4 is 4.74 Å². The molecule has 0 aliphatic rings. The molecule has 0 N–H and O–H groups in total. The Morgan fingerprint density at radius 2 is 2.14 bits per heavy atom. The summed E-state index contributed by atoms with van der Waals surface area (Å²) >= 11 is 6.06. The molecule has 3 aromatic rings. The van der Waals surface area contributed by atoms with Crippen LogP contribution in [-0.2, 0) is 6.54 Å². The molecule has 0 amide bonds. The number of halogens is 1. The van der Waals surface area contributed by atoms with E-state index in [0.717, 1.165) is 16.8 Å². The number of rotatable bonds is 4. The summed E-state index contributed by atoms with van der Waals surface area (Å²) in [5, 5.41) is 4.91. The van der Waals surface area contributed by atoms with E-state index in [4.69, 9.17) is 16.3 Å². The highest BCUT2D eigenvalue weighted by Gasteiger charge is 2.11. The van der Waals surface area contributed by atoms with Crippen LogP contribution in [0.15, 0.2) is 42.9 Å². The van der Waals surface area contributed by atoms with Gasteiger partial charge in [0.15, 0.2) is 0 Å². The molecule has 0 unspecified atom stereocenters. The molecular weight excluding hydrogens is 300 g/mol. The van der Waals surface area contributed by atoms with Gasteiger partial charge in [-0.3, -0.25) is 4.68 Å². The SMILES string of the molecule is COc1ncc(Cn2cc(C)cn2)nc1-c1cccc(Cl)c1. The predicted molar refractivity (Wildman–Crippen MR) is 85.1 cm³/mol. The van der Waals surface area contributed by atoms with Crippen LogP contribution in [-0.4, -0.2) is 26.9 Å². The molecule has 0 bridgehead atoms. The number of ether oxygens (including phenoxy) is 1. The largest absolute Gasteiger partial charge is 0.479 e. The van der Waals surface area contributed by atoms with Gasteiger partial charge in [0, 0.05) is 16.8 Å². The zero-order valence-corrected chi connectivity index (χ0v) is 13.1. The molecule has 2 heterocycles. The van der Waals surface area contributed by atoms with Crippen LogP contribution >= 0.6 is 11.6 Å². The van der Waals surface area contributed by atoms with Crippen LogP contribution in [0.1, 0.15) is 11.3 Å². The second-order valence-electron chi connectivity index (χ2n) is 4.94. The molecule has 3 rings (SSSR count). The van der Waals surface area contributed by atoms with Gasteiger partial charge in [-0.2, -0.15) is 5.10 Å². The molecule has 22 heavy (non-hydrogen) atoms. The maximum absolute atomic E-state index is 6.06. The highest BCUT2D eigenvalue weighted by molar-refractivity contribution is 6.30. The molecule has 0 radical (unpaired) electrons. The maximum atomic E-state index is 6.06. The molecule has 0 saturated carbocycles. The molecule has 5 nitrogen and oxygen atoms in total. The van der Waals surface area contributed by atoms with E-state index in [1.807, 2.05) is 48.3 Å². The van der Waals surface area contributed by atoms with Crippen molar-refractivity contribution >= 4 is 11.6 Å². The summed E-state index contributed by atoms with van der Waals surface area (Å²) in [6.45, 7) is 2.55. The van der Waals surface area contributed by atoms with Gasteiger partial charge in [0.2, 0.25) is 5.88 Å². The molecule has 0 atom stereocenters. The van der Waals surface area contributed by atoms with Crippen molar-refractivity contribution in [1.82, 2.24) is 19.7 Å². The molecule has 0 aliphatic heterocycles. The zero-order valence-electron chi connectivity index (χ0n) is 12.3. The Bertz CT molecular complexity index is 800. The van der Waals surface area contributed by atoms with Crippen LogP contribution in [0.5, 0.6) is 5.88 Å². The van der Waals surface area contributed by atoms with Crippen LogP contribution in [0.3, 0.4) is 0 Å². The van der Waals surface area contributed by atoms with E-state index in [0.29, 0.717) is 23.1 Å². The van der Waals surface area contributed by atoms with E-state index in [1.54, 1.807) is 13.3 Å². The van der Waals surface area contributed by atoms with Crippen LogP contribution in [0.2, 0.25) is 5.02 Å². The number of benzene rings is 1. The van der Waals surface area contributed by atoms with Crippen LogP contribution in [0, 0.1) is 6.92 Å². The first kappa shape index (κ1) is 14.5. The average Bonchev–Trinajstić information content (AvgIpc) is 2.92. The van der Waals surface area contributed by atoms with Crippen molar-refractivity contribution in [1.29, 1.82) is 0 Å². The van der Waals surface area contributed by atoms with Gasteiger partial charge in [-0.1, -0.05) is 23.7 Å². The van der Waals surface area contributed by atoms with Crippen LogP contribution in [0.25, 0.3) is 11.3 Å². The second kappa shape index (κ2) is 6.15. The van der Waals surface area contributed by atoms with Crippen molar-refractivity contribution in [3.63, 3.8) is 0 Å². The van der Waals surface area contributed by atoms with Gasteiger partial charge in [0.1, 0.15) is 5.69 Å². The molecule has 0 saturated heterocycles. The van der Waals surface area contributed by atoms with E-state index in [1.165, 1.54) is 0 Å². The molecule has 0 fully saturated rings. The molecule has 1 aromatic carbocycles. The number of aromatic nitrogens is 4. The molecule has 2 aromatic heterocycles. The number of aryl methyl sites for hydroxylation is 1. The first-order valence-corrected chi connectivity index (χ1v) is 7.18. The zero-order chi connectivity index (χ0) is 15.5. The lowest BCUT2D eigenvalue weighted by atomic mass is 10.1. The van der Waals surface area contributed by atoms with Crippen molar-refractivity contribution < 1.29 is 4.74 Å². The summed E-state index contributed by atoms with van der Waals surface area (Å²) in [7, 11) is 1.58. The van der Waals surface area contributed by atoms with E-state index < -0.39 is 0 Å². The average molecular weight is 315 g/mol. The summed E-state index contributed by atoms with van der Waals surface area (Å²) in [5.74, 6) is 0.475. The fraction of sp³-hybridized carbons (Fsp3) is 0.188. The predicted octanol–water partition coefficient (Wildman–Crippen LogP) is 3.36. The Hall–Kier alpha value is -2.40. The fourth-order valence-corrected chi connectivity index (χ4v) is 2.37. The van der Waals surface area contributed by atoms with Crippen LogP contribution in [0.4, 0.5) is 0 Å². The lowest BCUT2D eigenvalue weighted by Crippen LogP contribution is -2.05. The third kappa shape index (κ3) is 3.09. The monoisotopic (exact) mass is 314 g/mol. The quantitative estimate of drug-likeness (QED) is 0.741. The van der Waals surface area contributed by atoms with Crippen molar-refractivity contribution in [3.05, 3.63) is 59.1 Å². The fourth-order valence-electron chi connectivity index (χ4n) is 2.18. The highest BCUT2D eigenvalue weighted by Crippen LogP contribution is 2.28. The molecule has 112 valence electrons. The van der Waals surface area contributed by atoms with E-state index in [9.17, 15) is 0 Å². The minimum absolute atomic E-state index is 0.475. The van der Waals surface area contributed by atoms with Gasteiger partial charge in [-0.05, 0) is 24.6 Å². The van der Waals surface area contributed by atoms with Crippen molar-refractivity contribution in [2.75, 3.05) is 7.11 Å². The van der Waals surface area contributed by atoms with Gasteiger partial charge in [0.05, 0.1) is 31.7 Å². The molecule has 6 heteroatoms. The van der Waals surface area contributed by atoms with Gasteiger partial charge in [-0.15, -0.1) is 0 Å². The Morgan fingerprint density at radius 1 is 1.27 bits per heavy atom. The first-order chi connectivity index (χ1) is 10.7.